The Labute approximate surface area is 94.7 Å². The maximum atomic E-state index is 5.67. The van der Waals surface area contributed by atoms with E-state index in [0.717, 1.165) is 5.75 Å². The average molecular weight is 215 g/mol. The summed E-state index contributed by atoms with van der Waals surface area (Å²) in [4.78, 5) is 4.02. The molecular formula is C13H13NO2. The summed E-state index contributed by atoms with van der Waals surface area (Å²) in [5.41, 5.74) is 0. The summed E-state index contributed by atoms with van der Waals surface area (Å²) >= 11 is 0. The highest BCUT2D eigenvalue weighted by Gasteiger charge is 2.04. The van der Waals surface area contributed by atoms with Crippen LogP contribution in [0, 0.1) is 0 Å². The van der Waals surface area contributed by atoms with Crippen molar-refractivity contribution in [3.05, 3.63) is 48.8 Å². The lowest BCUT2D eigenvalue weighted by Crippen LogP contribution is -1.95. The maximum Gasteiger partial charge on any atom is 0.187 e. The van der Waals surface area contributed by atoms with E-state index in [1.807, 2.05) is 37.3 Å². The van der Waals surface area contributed by atoms with Gasteiger partial charge in [0.1, 0.15) is 5.75 Å². The molecule has 1 aromatic heterocycles. The summed E-state index contributed by atoms with van der Waals surface area (Å²) in [6, 6.07) is 11.4. The number of benzene rings is 1. The maximum absolute atomic E-state index is 5.67. The van der Waals surface area contributed by atoms with Crippen LogP contribution in [0.25, 0.3) is 0 Å². The molecule has 1 aromatic carbocycles. The molecule has 2 aromatic rings. The first-order valence-corrected chi connectivity index (χ1v) is 5.20. The molecule has 1 heterocycles. The zero-order valence-electron chi connectivity index (χ0n) is 9.09. The minimum absolute atomic E-state index is 0.606. The van der Waals surface area contributed by atoms with Gasteiger partial charge < -0.3 is 9.47 Å². The zero-order chi connectivity index (χ0) is 11.2. The third-order valence-electron chi connectivity index (χ3n) is 2.02. The van der Waals surface area contributed by atoms with Crippen LogP contribution in [-0.2, 0) is 0 Å². The summed E-state index contributed by atoms with van der Waals surface area (Å²) in [5, 5.41) is 0. The second-order valence-corrected chi connectivity index (χ2v) is 3.17. The van der Waals surface area contributed by atoms with Crippen LogP contribution in [0.15, 0.2) is 48.8 Å². The van der Waals surface area contributed by atoms with Crippen LogP contribution < -0.4 is 9.47 Å². The van der Waals surface area contributed by atoms with Gasteiger partial charge in [0.2, 0.25) is 0 Å². The van der Waals surface area contributed by atoms with E-state index in [1.165, 1.54) is 0 Å². The molecule has 16 heavy (non-hydrogen) atoms. The largest absolute Gasteiger partial charge is 0.490 e. The van der Waals surface area contributed by atoms with Gasteiger partial charge in [-0.1, -0.05) is 18.2 Å². The Morgan fingerprint density at radius 1 is 1.06 bits per heavy atom. The SMILES string of the molecule is CCOc1ccncc1Oc1ccccc1. The molecule has 0 saturated carbocycles. The Morgan fingerprint density at radius 2 is 1.88 bits per heavy atom. The molecule has 3 nitrogen and oxygen atoms in total. The van der Waals surface area contributed by atoms with E-state index in [2.05, 4.69) is 4.98 Å². The first kappa shape index (κ1) is 10.5. The van der Waals surface area contributed by atoms with Crippen molar-refractivity contribution in [2.45, 2.75) is 6.92 Å². The summed E-state index contributed by atoms with van der Waals surface area (Å²) in [6.45, 7) is 2.54. The van der Waals surface area contributed by atoms with Crippen molar-refractivity contribution in [1.29, 1.82) is 0 Å². The van der Waals surface area contributed by atoms with E-state index >= 15 is 0 Å². The van der Waals surface area contributed by atoms with Gasteiger partial charge in [0.25, 0.3) is 0 Å². The number of hydrogen-bond donors (Lipinski definition) is 0. The monoisotopic (exact) mass is 215 g/mol. The van der Waals surface area contributed by atoms with Crippen LogP contribution in [0.1, 0.15) is 6.92 Å². The fraction of sp³-hybridized carbons (Fsp3) is 0.154. The highest BCUT2D eigenvalue weighted by Crippen LogP contribution is 2.29. The van der Waals surface area contributed by atoms with Crippen LogP contribution >= 0.6 is 0 Å². The molecule has 0 saturated heterocycles. The second-order valence-electron chi connectivity index (χ2n) is 3.17. The van der Waals surface area contributed by atoms with Crippen molar-refractivity contribution >= 4 is 0 Å². The van der Waals surface area contributed by atoms with E-state index in [-0.39, 0.29) is 0 Å². The third kappa shape index (κ3) is 2.51. The number of hydrogen-bond acceptors (Lipinski definition) is 3. The smallest absolute Gasteiger partial charge is 0.187 e. The molecule has 0 unspecified atom stereocenters. The number of pyridine rings is 1. The molecule has 0 spiro atoms. The molecule has 0 aliphatic carbocycles. The molecule has 0 atom stereocenters. The molecular weight excluding hydrogens is 202 g/mol. The fourth-order valence-electron chi connectivity index (χ4n) is 1.33. The van der Waals surface area contributed by atoms with E-state index in [0.29, 0.717) is 18.1 Å². The Balaban J connectivity index is 2.21. The molecule has 0 amide bonds. The van der Waals surface area contributed by atoms with Gasteiger partial charge in [-0.2, -0.15) is 0 Å². The lowest BCUT2D eigenvalue weighted by Gasteiger charge is -2.10. The van der Waals surface area contributed by atoms with Crippen molar-refractivity contribution < 1.29 is 9.47 Å². The molecule has 0 radical (unpaired) electrons. The Kier molecular flexibility index (Phi) is 3.38. The van der Waals surface area contributed by atoms with Crippen LogP contribution in [0.3, 0.4) is 0 Å². The van der Waals surface area contributed by atoms with Gasteiger partial charge in [-0.15, -0.1) is 0 Å². The van der Waals surface area contributed by atoms with Crippen LogP contribution in [0.2, 0.25) is 0 Å². The normalized spacial score (nSPS) is 9.81. The highest BCUT2D eigenvalue weighted by molar-refractivity contribution is 5.40. The van der Waals surface area contributed by atoms with Crippen molar-refractivity contribution in [3.8, 4) is 17.2 Å². The number of para-hydroxylation sites is 1. The predicted octanol–water partition coefficient (Wildman–Crippen LogP) is 3.27. The van der Waals surface area contributed by atoms with Crippen LogP contribution in [0.5, 0.6) is 17.2 Å². The van der Waals surface area contributed by atoms with Gasteiger partial charge in [-0.3, -0.25) is 4.98 Å². The zero-order valence-corrected chi connectivity index (χ0v) is 9.09. The Morgan fingerprint density at radius 3 is 2.62 bits per heavy atom. The van der Waals surface area contributed by atoms with Gasteiger partial charge in [0.05, 0.1) is 12.8 Å². The van der Waals surface area contributed by atoms with E-state index in [4.69, 9.17) is 9.47 Å². The molecule has 0 aliphatic rings. The Hall–Kier alpha value is -2.03. The summed E-state index contributed by atoms with van der Waals surface area (Å²) in [5.74, 6) is 2.12. The number of ether oxygens (including phenoxy) is 2. The van der Waals surface area contributed by atoms with E-state index in [9.17, 15) is 0 Å². The first-order valence-electron chi connectivity index (χ1n) is 5.20. The second kappa shape index (κ2) is 5.16. The molecule has 0 aliphatic heterocycles. The van der Waals surface area contributed by atoms with Gasteiger partial charge in [0, 0.05) is 12.3 Å². The van der Waals surface area contributed by atoms with Crippen molar-refractivity contribution in [1.82, 2.24) is 4.98 Å². The number of nitrogens with zero attached hydrogens (tertiary/aromatic N) is 1. The Bertz CT molecular complexity index is 443. The fourth-order valence-corrected chi connectivity index (χ4v) is 1.33. The minimum Gasteiger partial charge on any atom is -0.490 e. The van der Waals surface area contributed by atoms with Crippen LogP contribution in [0.4, 0.5) is 0 Å². The van der Waals surface area contributed by atoms with Gasteiger partial charge in [-0.05, 0) is 19.1 Å². The van der Waals surface area contributed by atoms with E-state index in [1.54, 1.807) is 18.5 Å². The summed E-state index contributed by atoms with van der Waals surface area (Å²) in [7, 11) is 0. The average Bonchev–Trinajstić information content (AvgIpc) is 2.33. The van der Waals surface area contributed by atoms with E-state index < -0.39 is 0 Å². The third-order valence-corrected chi connectivity index (χ3v) is 2.02. The topological polar surface area (TPSA) is 31.4 Å². The van der Waals surface area contributed by atoms with Crippen molar-refractivity contribution in [2.75, 3.05) is 6.61 Å². The first-order chi connectivity index (χ1) is 7.90. The van der Waals surface area contributed by atoms with Crippen LogP contribution in [-0.4, -0.2) is 11.6 Å². The van der Waals surface area contributed by atoms with Crippen molar-refractivity contribution in [3.63, 3.8) is 0 Å². The quantitative estimate of drug-likeness (QED) is 0.784. The summed E-state index contributed by atoms with van der Waals surface area (Å²) in [6.07, 6.45) is 3.33. The molecule has 0 bridgehead atoms. The lowest BCUT2D eigenvalue weighted by atomic mass is 10.3. The molecule has 0 fully saturated rings. The standard InChI is InChI=1S/C13H13NO2/c1-2-15-12-8-9-14-10-13(12)16-11-6-4-3-5-7-11/h3-10H,2H2,1H3. The molecule has 2 rings (SSSR count). The predicted molar refractivity (Wildman–Crippen MR) is 61.9 cm³/mol. The minimum atomic E-state index is 0.606. The van der Waals surface area contributed by atoms with Gasteiger partial charge in [-0.25, -0.2) is 0 Å². The lowest BCUT2D eigenvalue weighted by molar-refractivity contribution is 0.320. The van der Waals surface area contributed by atoms with Gasteiger partial charge >= 0.3 is 0 Å². The molecule has 82 valence electrons. The van der Waals surface area contributed by atoms with Gasteiger partial charge in [0.15, 0.2) is 11.5 Å². The summed E-state index contributed by atoms with van der Waals surface area (Å²) < 4.78 is 11.1. The number of aromatic nitrogens is 1. The van der Waals surface area contributed by atoms with Crippen molar-refractivity contribution in [2.24, 2.45) is 0 Å². The molecule has 3 heteroatoms. The number of rotatable bonds is 4. The highest BCUT2D eigenvalue weighted by atomic mass is 16.5. The molecule has 0 N–H and O–H groups in total.